The van der Waals surface area contributed by atoms with Gasteiger partial charge in [-0.1, -0.05) is 13.8 Å². The predicted molar refractivity (Wildman–Crippen MR) is 67.5 cm³/mol. The molecule has 5 N–H and O–H groups in total. The second kappa shape index (κ2) is 8.46. The van der Waals surface area contributed by atoms with Gasteiger partial charge in [-0.3, -0.25) is 14.4 Å². The van der Waals surface area contributed by atoms with E-state index < -0.39 is 17.9 Å². The van der Waals surface area contributed by atoms with Gasteiger partial charge in [0.25, 0.3) is 0 Å². The zero-order valence-electron chi connectivity index (χ0n) is 11.1. The molecule has 18 heavy (non-hydrogen) atoms. The van der Waals surface area contributed by atoms with Gasteiger partial charge in [0.15, 0.2) is 0 Å². The first-order valence-corrected chi connectivity index (χ1v) is 5.88. The molecule has 0 aromatic heterocycles. The summed E-state index contributed by atoms with van der Waals surface area (Å²) in [7, 11) is 1.51. The number of hydrogen-bond donors (Lipinski definition) is 4. The van der Waals surface area contributed by atoms with Crippen LogP contribution in [0.4, 0.5) is 0 Å². The Bertz CT molecular complexity index is 305. The van der Waals surface area contributed by atoms with E-state index in [4.69, 9.17) is 5.73 Å². The normalized spacial score (nSPS) is 11.8. The first-order chi connectivity index (χ1) is 8.40. The SMILES string of the molecule is CNC(=O)[C@H](CC(C)C)NC(=O)CNC(=O)CN. The molecule has 0 aliphatic heterocycles. The summed E-state index contributed by atoms with van der Waals surface area (Å²) in [6.45, 7) is 3.57. The Labute approximate surface area is 107 Å². The van der Waals surface area contributed by atoms with Crippen molar-refractivity contribution in [2.45, 2.75) is 26.3 Å². The number of likely N-dealkylation sites (N-methyl/N-ethyl adjacent to an activating group) is 1. The summed E-state index contributed by atoms with van der Waals surface area (Å²) in [4.78, 5) is 33.9. The molecule has 3 amide bonds. The van der Waals surface area contributed by atoms with E-state index in [-0.39, 0.29) is 24.9 Å². The maximum absolute atomic E-state index is 11.5. The molecule has 0 aliphatic rings. The summed E-state index contributed by atoms with van der Waals surface area (Å²) in [6, 6.07) is -0.586. The van der Waals surface area contributed by atoms with E-state index >= 15 is 0 Å². The lowest BCUT2D eigenvalue weighted by Gasteiger charge is -2.19. The molecule has 0 radical (unpaired) electrons. The minimum Gasteiger partial charge on any atom is -0.357 e. The lowest BCUT2D eigenvalue weighted by Crippen LogP contribution is -2.49. The maximum atomic E-state index is 11.5. The monoisotopic (exact) mass is 258 g/mol. The number of rotatable bonds is 7. The third kappa shape index (κ3) is 6.85. The van der Waals surface area contributed by atoms with Gasteiger partial charge in [0.1, 0.15) is 6.04 Å². The van der Waals surface area contributed by atoms with Gasteiger partial charge >= 0.3 is 0 Å². The number of carbonyl (C=O) groups excluding carboxylic acids is 3. The highest BCUT2D eigenvalue weighted by atomic mass is 16.2. The largest absolute Gasteiger partial charge is 0.357 e. The fourth-order valence-corrected chi connectivity index (χ4v) is 1.37. The first-order valence-electron chi connectivity index (χ1n) is 5.88. The van der Waals surface area contributed by atoms with Crippen LogP contribution in [-0.4, -0.2) is 43.9 Å². The van der Waals surface area contributed by atoms with Crippen LogP contribution < -0.4 is 21.7 Å². The number of amides is 3. The number of nitrogens with two attached hydrogens (primary N) is 1. The summed E-state index contributed by atoms with van der Waals surface area (Å²) < 4.78 is 0. The third-order valence-electron chi connectivity index (χ3n) is 2.24. The lowest BCUT2D eigenvalue weighted by molar-refractivity contribution is -0.129. The summed E-state index contributed by atoms with van der Waals surface area (Å²) in [5.74, 6) is -0.801. The highest BCUT2D eigenvalue weighted by molar-refractivity contribution is 5.90. The van der Waals surface area contributed by atoms with Crippen LogP contribution in [0, 0.1) is 5.92 Å². The average molecular weight is 258 g/mol. The molecule has 0 fully saturated rings. The van der Waals surface area contributed by atoms with Gasteiger partial charge in [0, 0.05) is 7.05 Å². The molecule has 1 atom stereocenters. The Morgan fingerprint density at radius 2 is 1.78 bits per heavy atom. The number of hydrogen-bond acceptors (Lipinski definition) is 4. The molecule has 0 rings (SSSR count). The fraction of sp³-hybridized carbons (Fsp3) is 0.727. The minimum atomic E-state index is -0.586. The van der Waals surface area contributed by atoms with Crippen LogP contribution in [0.25, 0.3) is 0 Å². The quantitative estimate of drug-likeness (QED) is 0.437. The van der Waals surface area contributed by atoms with Gasteiger partial charge in [0.05, 0.1) is 13.1 Å². The standard InChI is InChI=1S/C11H22N4O3/c1-7(2)4-8(11(18)13-3)15-10(17)6-14-9(16)5-12/h7-8H,4-6,12H2,1-3H3,(H,13,18)(H,14,16)(H,15,17)/t8-/m0/s1. The number of carbonyl (C=O) groups is 3. The minimum absolute atomic E-state index is 0.169. The molecule has 0 saturated carbocycles. The van der Waals surface area contributed by atoms with E-state index in [2.05, 4.69) is 16.0 Å². The van der Waals surface area contributed by atoms with Crippen LogP contribution >= 0.6 is 0 Å². The molecule has 0 bridgehead atoms. The lowest BCUT2D eigenvalue weighted by atomic mass is 10.0. The fourth-order valence-electron chi connectivity index (χ4n) is 1.37. The van der Waals surface area contributed by atoms with Crippen molar-refractivity contribution in [3.05, 3.63) is 0 Å². The molecular formula is C11H22N4O3. The maximum Gasteiger partial charge on any atom is 0.242 e. The molecule has 0 aromatic carbocycles. The highest BCUT2D eigenvalue weighted by Gasteiger charge is 2.20. The Morgan fingerprint density at radius 3 is 2.22 bits per heavy atom. The van der Waals surface area contributed by atoms with Crippen molar-refractivity contribution in [2.75, 3.05) is 20.1 Å². The second-order valence-electron chi connectivity index (χ2n) is 4.34. The van der Waals surface area contributed by atoms with E-state index in [1.54, 1.807) is 0 Å². The molecule has 0 aliphatic carbocycles. The van der Waals surface area contributed by atoms with E-state index in [1.807, 2.05) is 13.8 Å². The summed E-state index contributed by atoms with van der Waals surface area (Å²) >= 11 is 0. The number of nitrogens with one attached hydrogen (secondary N) is 3. The molecule has 0 unspecified atom stereocenters. The van der Waals surface area contributed by atoms with E-state index in [1.165, 1.54) is 7.05 Å². The Balaban J connectivity index is 4.26. The van der Waals surface area contributed by atoms with E-state index in [9.17, 15) is 14.4 Å². The first kappa shape index (κ1) is 16.4. The zero-order valence-corrected chi connectivity index (χ0v) is 11.1. The van der Waals surface area contributed by atoms with Crippen molar-refractivity contribution in [3.63, 3.8) is 0 Å². The van der Waals surface area contributed by atoms with Gasteiger partial charge in [-0.15, -0.1) is 0 Å². The van der Waals surface area contributed by atoms with Crippen molar-refractivity contribution < 1.29 is 14.4 Å². The highest BCUT2D eigenvalue weighted by Crippen LogP contribution is 2.04. The van der Waals surface area contributed by atoms with Crippen molar-refractivity contribution in [1.82, 2.24) is 16.0 Å². The third-order valence-corrected chi connectivity index (χ3v) is 2.24. The molecule has 0 spiro atoms. The van der Waals surface area contributed by atoms with Crippen LogP contribution in [-0.2, 0) is 14.4 Å². The van der Waals surface area contributed by atoms with E-state index in [0.717, 1.165) is 0 Å². The van der Waals surface area contributed by atoms with Gasteiger partial charge in [-0.05, 0) is 12.3 Å². The van der Waals surface area contributed by atoms with Crippen LogP contribution in [0.3, 0.4) is 0 Å². The molecule has 0 saturated heterocycles. The molecule has 7 heteroatoms. The van der Waals surface area contributed by atoms with Crippen LogP contribution in [0.5, 0.6) is 0 Å². The summed E-state index contributed by atoms with van der Waals surface area (Å²) in [5.41, 5.74) is 5.09. The molecule has 104 valence electrons. The van der Waals surface area contributed by atoms with Crippen molar-refractivity contribution in [1.29, 1.82) is 0 Å². The summed E-state index contributed by atoms with van der Waals surface area (Å²) in [6.07, 6.45) is 0.538. The molecule has 7 nitrogen and oxygen atoms in total. The van der Waals surface area contributed by atoms with Crippen LogP contribution in [0.1, 0.15) is 20.3 Å². The van der Waals surface area contributed by atoms with Gasteiger partial charge < -0.3 is 21.7 Å². The van der Waals surface area contributed by atoms with Gasteiger partial charge in [-0.2, -0.15) is 0 Å². The second-order valence-corrected chi connectivity index (χ2v) is 4.34. The Morgan fingerprint density at radius 1 is 1.17 bits per heavy atom. The van der Waals surface area contributed by atoms with Gasteiger partial charge in [0.2, 0.25) is 17.7 Å². The summed E-state index contributed by atoms with van der Waals surface area (Å²) in [5, 5.41) is 7.40. The van der Waals surface area contributed by atoms with Crippen molar-refractivity contribution in [3.8, 4) is 0 Å². The van der Waals surface area contributed by atoms with Gasteiger partial charge in [-0.25, -0.2) is 0 Å². The van der Waals surface area contributed by atoms with E-state index in [0.29, 0.717) is 6.42 Å². The molecular weight excluding hydrogens is 236 g/mol. The van der Waals surface area contributed by atoms with Crippen molar-refractivity contribution >= 4 is 17.7 Å². The Hall–Kier alpha value is -1.63. The van der Waals surface area contributed by atoms with Crippen LogP contribution in [0.2, 0.25) is 0 Å². The van der Waals surface area contributed by atoms with Crippen molar-refractivity contribution in [2.24, 2.45) is 11.7 Å². The zero-order chi connectivity index (χ0) is 14.1. The Kier molecular flexibility index (Phi) is 7.69. The van der Waals surface area contributed by atoms with Crippen LogP contribution in [0.15, 0.2) is 0 Å². The predicted octanol–water partition coefficient (Wildman–Crippen LogP) is -1.66. The smallest absolute Gasteiger partial charge is 0.242 e. The molecule has 0 aromatic rings. The molecule has 0 heterocycles. The topological polar surface area (TPSA) is 113 Å². The average Bonchev–Trinajstić information content (AvgIpc) is 2.33.